The summed E-state index contributed by atoms with van der Waals surface area (Å²) >= 11 is 0. The summed E-state index contributed by atoms with van der Waals surface area (Å²) in [6.45, 7) is 0. The molecule has 0 fully saturated rings. The van der Waals surface area contributed by atoms with Crippen LogP contribution in [0.1, 0.15) is 17.5 Å². The summed E-state index contributed by atoms with van der Waals surface area (Å²) in [7, 11) is 1.23. The zero-order valence-electron chi connectivity index (χ0n) is 12.6. The molecule has 0 radical (unpaired) electrons. The predicted octanol–water partition coefficient (Wildman–Crippen LogP) is 3.50. The Hall–Kier alpha value is -2.95. The average molecular weight is 313 g/mol. The molecule has 0 saturated heterocycles. The molecule has 0 atom stereocenters. The Kier molecular flexibility index (Phi) is 5.63. The number of carbonyl (C=O) groups excluding carboxylic acids is 2. The lowest BCUT2D eigenvalue weighted by atomic mass is 10.1. The van der Waals surface area contributed by atoms with E-state index in [0.717, 1.165) is 11.1 Å². The van der Waals surface area contributed by atoms with Crippen molar-refractivity contribution in [3.05, 3.63) is 65.5 Å². The average Bonchev–Trinajstić information content (AvgIpc) is 2.55. The molecule has 0 spiro atoms. The Morgan fingerprint density at radius 3 is 2.04 bits per heavy atom. The topological polar surface area (TPSA) is 55.4 Å². The summed E-state index contributed by atoms with van der Waals surface area (Å²) in [6.07, 6.45) is 3.43. The lowest BCUT2D eigenvalue weighted by Gasteiger charge is -2.04. The second-order valence-electron chi connectivity index (χ2n) is 4.81. The molecular formula is C18H16FNO3. The molecule has 1 N–H and O–H groups in total. The monoisotopic (exact) mass is 313 g/mol. The van der Waals surface area contributed by atoms with E-state index in [4.69, 9.17) is 0 Å². The molecular weight excluding hydrogens is 297 g/mol. The molecule has 23 heavy (non-hydrogen) atoms. The van der Waals surface area contributed by atoms with Crippen molar-refractivity contribution in [2.45, 2.75) is 6.42 Å². The van der Waals surface area contributed by atoms with Gasteiger partial charge in [-0.2, -0.15) is 0 Å². The van der Waals surface area contributed by atoms with Crippen molar-refractivity contribution in [2.75, 3.05) is 12.4 Å². The third-order valence-electron chi connectivity index (χ3n) is 3.07. The molecule has 0 unspecified atom stereocenters. The lowest BCUT2D eigenvalue weighted by Crippen LogP contribution is -2.17. The number of hydrogen-bond donors (Lipinski definition) is 1. The fourth-order valence-corrected chi connectivity index (χ4v) is 1.85. The predicted molar refractivity (Wildman–Crippen MR) is 87.0 cm³/mol. The van der Waals surface area contributed by atoms with E-state index in [1.807, 2.05) is 24.3 Å². The first kappa shape index (κ1) is 16.4. The van der Waals surface area contributed by atoms with Gasteiger partial charge in [-0.15, -0.1) is 0 Å². The molecule has 2 aromatic rings. The van der Waals surface area contributed by atoms with Gasteiger partial charge in [0.05, 0.1) is 7.11 Å². The van der Waals surface area contributed by atoms with Crippen molar-refractivity contribution in [1.82, 2.24) is 0 Å². The van der Waals surface area contributed by atoms with Crippen LogP contribution in [-0.4, -0.2) is 19.0 Å². The smallest absolute Gasteiger partial charge is 0.315 e. The van der Waals surface area contributed by atoms with Gasteiger partial charge in [-0.3, -0.25) is 9.59 Å². The van der Waals surface area contributed by atoms with Crippen molar-refractivity contribution in [1.29, 1.82) is 0 Å². The number of rotatable bonds is 5. The minimum atomic E-state index is -0.582. The van der Waals surface area contributed by atoms with Crippen LogP contribution in [0.25, 0.3) is 12.2 Å². The van der Waals surface area contributed by atoms with E-state index in [-0.39, 0.29) is 12.2 Å². The number of amides is 1. The number of esters is 1. The molecule has 5 heteroatoms. The Balaban J connectivity index is 1.95. The van der Waals surface area contributed by atoms with Crippen LogP contribution in [0, 0.1) is 5.82 Å². The fraction of sp³-hybridized carbons (Fsp3) is 0.111. The summed E-state index contributed by atoms with van der Waals surface area (Å²) in [6, 6.07) is 13.3. The van der Waals surface area contributed by atoms with Crippen molar-refractivity contribution in [3.8, 4) is 0 Å². The number of hydrogen-bond acceptors (Lipinski definition) is 3. The minimum Gasteiger partial charge on any atom is -0.469 e. The molecule has 0 aliphatic carbocycles. The van der Waals surface area contributed by atoms with Crippen LogP contribution >= 0.6 is 0 Å². The van der Waals surface area contributed by atoms with Crippen molar-refractivity contribution in [3.63, 3.8) is 0 Å². The van der Waals surface area contributed by atoms with Gasteiger partial charge < -0.3 is 10.1 Å². The van der Waals surface area contributed by atoms with E-state index in [2.05, 4.69) is 10.1 Å². The van der Waals surface area contributed by atoms with E-state index >= 15 is 0 Å². The third-order valence-corrected chi connectivity index (χ3v) is 3.07. The van der Waals surface area contributed by atoms with Gasteiger partial charge >= 0.3 is 5.97 Å². The van der Waals surface area contributed by atoms with Crippen LogP contribution in [0.15, 0.2) is 48.5 Å². The maximum atomic E-state index is 12.8. The van der Waals surface area contributed by atoms with Gasteiger partial charge in [0.15, 0.2) is 0 Å². The molecule has 2 aromatic carbocycles. The van der Waals surface area contributed by atoms with Crippen LogP contribution in [0.5, 0.6) is 0 Å². The molecule has 118 valence electrons. The second kappa shape index (κ2) is 7.89. The van der Waals surface area contributed by atoms with Crippen molar-refractivity contribution in [2.24, 2.45) is 0 Å². The van der Waals surface area contributed by atoms with Crippen molar-refractivity contribution < 1.29 is 18.7 Å². The highest BCUT2D eigenvalue weighted by Crippen LogP contribution is 2.13. The van der Waals surface area contributed by atoms with Gasteiger partial charge in [-0.05, 0) is 35.4 Å². The first-order chi connectivity index (χ1) is 11.1. The Morgan fingerprint density at radius 2 is 1.52 bits per heavy atom. The van der Waals surface area contributed by atoms with Gasteiger partial charge in [-0.25, -0.2) is 4.39 Å². The summed E-state index contributed by atoms with van der Waals surface area (Å²) in [5.74, 6) is -1.28. The summed E-state index contributed by atoms with van der Waals surface area (Å²) < 4.78 is 17.2. The van der Waals surface area contributed by atoms with E-state index in [9.17, 15) is 14.0 Å². The molecule has 2 rings (SSSR count). The number of benzene rings is 2. The van der Waals surface area contributed by atoms with E-state index in [0.29, 0.717) is 5.69 Å². The van der Waals surface area contributed by atoms with Gasteiger partial charge in [0.25, 0.3) is 0 Å². The SMILES string of the molecule is COC(=O)CC(=O)Nc1ccc(C=Cc2ccc(F)cc2)cc1. The number of ether oxygens (including phenoxy) is 1. The summed E-state index contributed by atoms with van der Waals surface area (Å²) in [4.78, 5) is 22.5. The van der Waals surface area contributed by atoms with E-state index in [1.54, 1.807) is 24.3 Å². The Morgan fingerprint density at radius 1 is 1.00 bits per heavy atom. The molecule has 0 aliphatic rings. The number of carbonyl (C=O) groups is 2. The van der Waals surface area contributed by atoms with Gasteiger partial charge in [0, 0.05) is 5.69 Å². The number of methoxy groups -OCH3 is 1. The molecule has 1 amide bonds. The molecule has 0 saturated carbocycles. The third kappa shape index (κ3) is 5.39. The van der Waals surface area contributed by atoms with Crippen LogP contribution in [-0.2, 0) is 14.3 Å². The number of halogens is 1. The fourth-order valence-electron chi connectivity index (χ4n) is 1.85. The first-order valence-corrected chi connectivity index (χ1v) is 6.97. The largest absolute Gasteiger partial charge is 0.469 e. The van der Waals surface area contributed by atoms with Crippen LogP contribution in [0.3, 0.4) is 0 Å². The van der Waals surface area contributed by atoms with Gasteiger partial charge in [-0.1, -0.05) is 36.4 Å². The zero-order valence-corrected chi connectivity index (χ0v) is 12.6. The number of anilines is 1. The van der Waals surface area contributed by atoms with E-state index in [1.165, 1.54) is 19.2 Å². The molecule has 4 nitrogen and oxygen atoms in total. The van der Waals surface area contributed by atoms with Crippen LogP contribution in [0.4, 0.5) is 10.1 Å². The normalized spacial score (nSPS) is 10.5. The number of nitrogens with one attached hydrogen (secondary N) is 1. The summed E-state index contributed by atoms with van der Waals surface area (Å²) in [5.41, 5.74) is 2.42. The molecule has 0 aliphatic heterocycles. The Bertz CT molecular complexity index is 706. The second-order valence-corrected chi connectivity index (χ2v) is 4.81. The summed E-state index contributed by atoms with van der Waals surface area (Å²) in [5, 5.41) is 2.61. The van der Waals surface area contributed by atoms with E-state index < -0.39 is 11.9 Å². The van der Waals surface area contributed by atoms with Gasteiger partial charge in [0.1, 0.15) is 12.2 Å². The molecule has 0 bridgehead atoms. The van der Waals surface area contributed by atoms with Gasteiger partial charge in [0.2, 0.25) is 5.91 Å². The van der Waals surface area contributed by atoms with Crippen LogP contribution in [0.2, 0.25) is 0 Å². The maximum absolute atomic E-state index is 12.8. The first-order valence-electron chi connectivity index (χ1n) is 6.97. The molecule has 0 aromatic heterocycles. The minimum absolute atomic E-state index is 0.269. The quantitative estimate of drug-likeness (QED) is 0.522. The standard InChI is InChI=1S/C18H16FNO3/c1-23-18(22)12-17(21)20-16-10-6-14(7-11-16)3-2-13-4-8-15(19)9-5-13/h2-11H,12H2,1H3,(H,20,21). The highest BCUT2D eigenvalue weighted by Gasteiger charge is 2.09. The maximum Gasteiger partial charge on any atom is 0.315 e. The molecule has 0 heterocycles. The lowest BCUT2D eigenvalue weighted by molar-refractivity contribution is -0.142. The van der Waals surface area contributed by atoms with Crippen LogP contribution < -0.4 is 5.32 Å². The van der Waals surface area contributed by atoms with Crippen molar-refractivity contribution >= 4 is 29.7 Å². The highest BCUT2D eigenvalue weighted by atomic mass is 19.1. The zero-order chi connectivity index (χ0) is 16.7. The Labute approximate surface area is 133 Å². The highest BCUT2D eigenvalue weighted by molar-refractivity contribution is 6.01.